The molecule has 0 aliphatic heterocycles. The van der Waals surface area contributed by atoms with E-state index in [0.717, 1.165) is 16.8 Å². The molecule has 162 valence electrons. The lowest BCUT2D eigenvalue weighted by molar-refractivity contribution is -0.116. The number of hydrogen-bond donors (Lipinski definition) is 1. The predicted octanol–water partition coefficient (Wildman–Crippen LogP) is 3.58. The molecule has 0 unspecified atom stereocenters. The Balaban J connectivity index is 1.64. The second kappa shape index (κ2) is 9.18. The Morgan fingerprint density at radius 1 is 0.935 bits per heavy atom. The SMILES string of the molecule is Cc1cccc(C)c1NC(=O)CN(C)C(=O)c1ccc(CS(=O)(=O)c2ccccc2)o1. The highest BCUT2D eigenvalue weighted by molar-refractivity contribution is 7.90. The first-order valence-corrected chi connectivity index (χ1v) is 11.3. The maximum absolute atomic E-state index is 12.6. The van der Waals surface area contributed by atoms with E-state index in [4.69, 9.17) is 4.42 Å². The third-order valence-corrected chi connectivity index (χ3v) is 6.44. The van der Waals surface area contributed by atoms with E-state index in [1.54, 1.807) is 18.2 Å². The number of hydrogen-bond acceptors (Lipinski definition) is 5. The van der Waals surface area contributed by atoms with Crippen LogP contribution in [0, 0.1) is 13.8 Å². The van der Waals surface area contributed by atoms with Gasteiger partial charge in [-0.1, -0.05) is 36.4 Å². The largest absolute Gasteiger partial charge is 0.455 e. The lowest BCUT2D eigenvalue weighted by Crippen LogP contribution is -2.35. The Bertz CT molecular complexity index is 1180. The van der Waals surface area contributed by atoms with E-state index in [1.165, 1.54) is 36.2 Å². The molecule has 1 aromatic heterocycles. The van der Waals surface area contributed by atoms with Crippen molar-refractivity contribution in [3.63, 3.8) is 0 Å². The zero-order chi connectivity index (χ0) is 22.6. The standard InChI is InChI=1S/C23H24N2O5S/c1-16-8-7-9-17(2)22(16)24-21(26)14-25(3)23(27)20-13-12-18(30-20)15-31(28,29)19-10-5-4-6-11-19/h4-13H,14-15H2,1-3H3,(H,24,26). The fourth-order valence-electron chi connectivity index (χ4n) is 3.13. The van der Waals surface area contributed by atoms with Gasteiger partial charge in [-0.3, -0.25) is 9.59 Å². The number of nitrogens with zero attached hydrogens (tertiary/aromatic N) is 1. The highest BCUT2D eigenvalue weighted by Gasteiger charge is 2.22. The third-order valence-electron chi connectivity index (χ3n) is 4.78. The quantitative estimate of drug-likeness (QED) is 0.606. The molecule has 0 saturated carbocycles. The molecule has 1 N–H and O–H groups in total. The van der Waals surface area contributed by atoms with Gasteiger partial charge >= 0.3 is 0 Å². The predicted molar refractivity (Wildman–Crippen MR) is 118 cm³/mol. The molecule has 3 aromatic rings. The van der Waals surface area contributed by atoms with Gasteiger partial charge in [0.2, 0.25) is 5.91 Å². The number of benzene rings is 2. The smallest absolute Gasteiger partial charge is 0.289 e. The molecule has 3 rings (SSSR count). The molecular weight excluding hydrogens is 416 g/mol. The molecule has 0 atom stereocenters. The molecule has 0 saturated heterocycles. The molecule has 0 bridgehead atoms. The minimum absolute atomic E-state index is 0.0272. The van der Waals surface area contributed by atoms with Crippen LogP contribution in [0.3, 0.4) is 0 Å². The second-order valence-electron chi connectivity index (χ2n) is 7.31. The summed E-state index contributed by atoms with van der Waals surface area (Å²) in [5.74, 6) is -1.09. The summed E-state index contributed by atoms with van der Waals surface area (Å²) in [6.45, 7) is 3.61. The Morgan fingerprint density at radius 3 is 2.23 bits per heavy atom. The van der Waals surface area contributed by atoms with Gasteiger partial charge in [-0.15, -0.1) is 0 Å². The molecule has 0 aliphatic carbocycles. The van der Waals surface area contributed by atoms with Crippen molar-refractivity contribution >= 4 is 27.3 Å². The van der Waals surface area contributed by atoms with Crippen LogP contribution >= 0.6 is 0 Å². The summed E-state index contributed by atoms with van der Waals surface area (Å²) in [6.07, 6.45) is 0. The molecule has 0 fully saturated rings. The van der Waals surface area contributed by atoms with Crippen LogP contribution in [-0.4, -0.2) is 38.7 Å². The molecule has 0 spiro atoms. The molecule has 31 heavy (non-hydrogen) atoms. The number of para-hydroxylation sites is 1. The lowest BCUT2D eigenvalue weighted by atomic mass is 10.1. The summed E-state index contributed by atoms with van der Waals surface area (Å²) in [5.41, 5.74) is 2.58. The topological polar surface area (TPSA) is 96.7 Å². The van der Waals surface area contributed by atoms with Gasteiger partial charge in [0.1, 0.15) is 11.5 Å². The Labute approximate surface area is 181 Å². The van der Waals surface area contributed by atoms with Gasteiger partial charge in [-0.2, -0.15) is 0 Å². The monoisotopic (exact) mass is 440 g/mol. The first-order valence-electron chi connectivity index (χ1n) is 9.65. The first-order chi connectivity index (χ1) is 14.7. The molecule has 0 aliphatic rings. The maximum atomic E-state index is 12.6. The van der Waals surface area contributed by atoms with Gasteiger partial charge in [-0.05, 0) is 49.2 Å². The lowest BCUT2D eigenvalue weighted by Gasteiger charge is -2.17. The van der Waals surface area contributed by atoms with E-state index in [1.807, 2.05) is 32.0 Å². The normalized spacial score (nSPS) is 11.2. The summed E-state index contributed by atoms with van der Waals surface area (Å²) in [4.78, 5) is 26.4. The number of anilines is 1. The van der Waals surface area contributed by atoms with E-state index in [2.05, 4.69) is 5.32 Å². The van der Waals surface area contributed by atoms with Gasteiger partial charge in [-0.25, -0.2) is 8.42 Å². The van der Waals surface area contributed by atoms with E-state index in [0.29, 0.717) is 0 Å². The van der Waals surface area contributed by atoms with Crippen molar-refractivity contribution in [2.75, 3.05) is 18.9 Å². The Kier molecular flexibility index (Phi) is 6.60. The van der Waals surface area contributed by atoms with Crippen LogP contribution in [0.1, 0.15) is 27.4 Å². The third kappa shape index (κ3) is 5.40. The van der Waals surface area contributed by atoms with Crippen LogP contribution in [0.15, 0.2) is 70.0 Å². The zero-order valence-corrected chi connectivity index (χ0v) is 18.4. The summed E-state index contributed by atoms with van der Waals surface area (Å²) in [7, 11) is -2.11. The number of sulfone groups is 1. The van der Waals surface area contributed by atoms with Crippen LogP contribution in [0.4, 0.5) is 5.69 Å². The number of carbonyl (C=O) groups is 2. The van der Waals surface area contributed by atoms with E-state index >= 15 is 0 Å². The Hall–Kier alpha value is -3.39. The number of aryl methyl sites for hydroxylation is 2. The van der Waals surface area contributed by atoms with Crippen molar-refractivity contribution in [1.29, 1.82) is 0 Å². The van der Waals surface area contributed by atoms with Crippen molar-refractivity contribution in [3.8, 4) is 0 Å². The molecule has 8 heteroatoms. The highest BCUT2D eigenvalue weighted by atomic mass is 32.2. The number of amides is 2. The fourth-order valence-corrected chi connectivity index (χ4v) is 4.40. The molecular formula is C23H24N2O5S. The molecule has 7 nitrogen and oxygen atoms in total. The van der Waals surface area contributed by atoms with Crippen molar-refractivity contribution in [1.82, 2.24) is 4.90 Å². The van der Waals surface area contributed by atoms with E-state index in [-0.39, 0.29) is 34.6 Å². The summed E-state index contributed by atoms with van der Waals surface area (Å²) in [5, 5.41) is 2.83. The number of nitrogens with one attached hydrogen (secondary N) is 1. The molecule has 2 aromatic carbocycles. The average molecular weight is 441 g/mol. The number of carbonyl (C=O) groups excluding carboxylic acids is 2. The van der Waals surface area contributed by atoms with Crippen molar-refractivity contribution in [3.05, 3.63) is 83.3 Å². The van der Waals surface area contributed by atoms with E-state index < -0.39 is 15.7 Å². The second-order valence-corrected chi connectivity index (χ2v) is 9.30. The highest BCUT2D eigenvalue weighted by Crippen LogP contribution is 2.20. The van der Waals surface area contributed by atoms with Gasteiger partial charge in [0.05, 0.1) is 11.4 Å². The summed E-state index contributed by atoms with van der Waals surface area (Å²) >= 11 is 0. The molecule has 2 amide bonds. The van der Waals surface area contributed by atoms with E-state index in [9.17, 15) is 18.0 Å². The molecule has 0 radical (unpaired) electrons. The van der Waals surface area contributed by atoms with Crippen molar-refractivity contribution < 1.29 is 22.4 Å². The van der Waals surface area contributed by atoms with Gasteiger partial charge in [0.15, 0.2) is 15.6 Å². The van der Waals surface area contributed by atoms with Crippen LogP contribution in [0.2, 0.25) is 0 Å². The van der Waals surface area contributed by atoms with Gasteiger partial charge < -0.3 is 14.6 Å². The minimum Gasteiger partial charge on any atom is -0.455 e. The average Bonchev–Trinajstić information content (AvgIpc) is 3.18. The molecule has 1 heterocycles. The number of rotatable bonds is 7. The van der Waals surface area contributed by atoms with Crippen molar-refractivity contribution in [2.24, 2.45) is 0 Å². The Morgan fingerprint density at radius 2 is 1.58 bits per heavy atom. The van der Waals surface area contributed by atoms with Gasteiger partial charge in [0, 0.05) is 12.7 Å². The minimum atomic E-state index is -3.59. The number of furan rings is 1. The fraction of sp³-hybridized carbons (Fsp3) is 0.217. The summed E-state index contributed by atoms with van der Waals surface area (Å²) < 4.78 is 30.4. The summed E-state index contributed by atoms with van der Waals surface area (Å²) in [6, 6.07) is 16.6. The van der Waals surface area contributed by atoms with Crippen LogP contribution < -0.4 is 5.32 Å². The van der Waals surface area contributed by atoms with Gasteiger partial charge in [0.25, 0.3) is 5.91 Å². The first kappa shape index (κ1) is 22.3. The maximum Gasteiger partial charge on any atom is 0.289 e. The van der Waals surface area contributed by atoms with Crippen LogP contribution in [-0.2, 0) is 20.4 Å². The van der Waals surface area contributed by atoms with Crippen LogP contribution in [0.25, 0.3) is 0 Å². The number of likely N-dealkylation sites (N-methyl/N-ethyl adjacent to an activating group) is 1. The van der Waals surface area contributed by atoms with Crippen molar-refractivity contribution in [2.45, 2.75) is 24.5 Å². The zero-order valence-electron chi connectivity index (χ0n) is 17.6. The van der Waals surface area contributed by atoms with Crippen LogP contribution in [0.5, 0.6) is 0 Å².